The van der Waals surface area contributed by atoms with E-state index >= 15 is 0 Å². The molecule has 1 fully saturated rings. The second-order valence-corrected chi connectivity index (χ2v) is 10.2. The standard InChI is InChI=1S/C13H16Cl3NO2S2/c1-13(2)8-17(3-4-20-13)21(18,19)12-5-9(7-14)10(15)6-11(12)16/h5-6H,3-4,7-8H2,1-2H3. The van der Waals surface area contributed by atoms with E-state index in [2.05, 4.69) is 0 Å². The number of sulfonamides is 1. The Morgan fingerprint density at radius 3 is 2.52 bits per heavy atom. The van der Waals surface area contributed by atoms with Crippen molar-refractivity contribution in [2.24, 2.45) is 0 Å². The summed E-state index contributed by atoms with van der Waals surface area (Å²) in [5, 5.41) is 0.508. The molecule has 0 unspecified atom stereocenters. The Hall–Kier alpha value is 0.350. The molecule has 0 amide bonds. The topological polar surface area (TPSA) is 37.4 Å². The fourth-order valence-corrected chi connectivity index (χ4v) is 6.23. The van der Waals surface area contributed by atoms with E-state index in [0.29, 0.717) is 23.7 Å². The predicted octanol–water partition coefficient (Wildman–Crippen LogP) is 4.25. The largest absolute Gasteiger partial charge is 0.244 e. The van der Waals surface area contributed by atoms with Gasteiger partial charge in [-0.25, -0.2) is 8.42 Å². The Morgan fingerprint density at radius 1 is 1.29 bits per heavy atom. The van der Waals surface area contributed by atoms with Gasteiger partial charge in [-0.3, -0.25) is 0 Å². The van der Waals surface area contributed by atoms with Crippen molar-refractivity contribution >= 4 is 56.6 Å². The molecule has 8 heteroatoms. The first kappa shape index (κ1) is 17.7. The van der Waals surface area contributed by atoms with Crippen LogP contribution in [0.4, 0.5) is 0 Å². The summed E-state index contributed by atoms with van der Waals surface area (Å²) in [4.78, 5) is 0.0758. The quantitative estimate of drug-likeness (QED) is 0.726. The van der Waals surface area contributed by atoms with E-state index in [1.54, 1.807) is 11.8 Å². The van der Waals surface area contributed by atoms with Crippen LogP contribution in [0, 0.1) is 0 Å². The zero-order valence-corrected chi connectivity index (χ0v) is 15.6. The molecule has 1 saturated heterocycles. The van der Waals surface area contributed by atoms with Crippen molar-refractivity contribution in [1.82, 2.24) is 4.31 Å². The van der Waals surface area contributed by atoms with E-state index in [0.717, 1.165) is 5.75 Å². The van der Waals surface area contributed by atoms with Crippen LogP contribution in [0.2, 0.25) is 10.0 Å². The van der Waals surface area contributed by atoms with E-state index in [9.17, 15) is 8.42 Å². The molecule has 1 heterocycles. The fraction of sp³-hybridized carbons (Fsp3) is 0.538. The van der Waals surface area contributed by atoms with E-state index in [1.807, 2.05) is 13.8 Å². The van der Waals surface area contributed by atoms with Crippen LogP contribution in [-0.2, 0) is 15.9 Å². The molecule has 21 heavy (non-hydrogen) atoms. The van der Waals surface area contributed by atoms with Gasteiger partial charge in [0.1, 0.15) is 4.90 Å². The molecule has 1 aliphatic rings. The predicted molar refractivity (Wildman–Crippen MR) is 91.3 cm³/mol. The van der Waals surface area contributed by atoms with Crippen LogP contribution < -0.4 is 0 Å². The first-order valence-corrected chi connectivity index (χ1v) is 10.1. The average Bonchev–Trinajstić information content (AvgIpc) is 2.37. The Morgan fingerprint density at radius 2 is 1.95 bits per heavy atom. The lowest BCUT2D eigenvalue weighted by Gasteiger charge is -2.36. The average molecular weight is 389 g/mol. The molecule has 0 radical (unpaired) electrons. The summed E-state index contributed by atoms with van der Waals surface area (Å²) in [5.41, 5.74) is 0.562. The Bertz CT molecular complexity index is 647. The highest BCUT2D eigenvalue weighted by molar-refractivity contribution is 8.00. The van der Waals surface area contributed by atoms with Crippen molar-refractivity contribution in [3.63, 3.8) is 0 Å². The maximum absolute atomic E-state index is 12.8. The maximum Gasteiger partial charge on any atom is 0.244 e. The van der Waals surface area contributed by atoms with E-state index in [1.165, 1.54) is 16.4 Å². The molecule has 0 atom stereocenters. The molecule has 1 aliphatic heterocycles. The fourth-order valence-electron chi connectivity index (χ4n) is 2.19. The number of alkyl halides is 1. The molecule has 2 rings (SSSR count). The SMILES string of the molecule is CC1(C)CN(S(=O)(=O)c2cc(CCl)c(Cl)cc2Cl)CCS1. The van der Waals surface area contributed by atoms with E-state index in [-0.39, 0.29) is 20.5 Å². The van der Waals surface area contributed by atoms with E-state index < -0.39 is 10.0 Å². The number of hydrogen-bond donors (Lipinski definition) is 0. The summed E-state index contributed by atoms with van der Waals surface area (Å²) in [6.07, 6.45) is 0. The van der Waals surface area contributed by atoms with Crippen LogP contribution in [-0.4, -0.2) is 36.3 Å². The molecular weight excluding hydrogens is 373 g/mol. The van der Waals surface area contributed by atoms with Crippen molar-refractivity contribution in [2.75, 3.05) is 18.8 Å². The molecule has 1 aromatic carbocycles. The van der Waals surface area contributed by atoms with Crippen molar-refractivity contribution < 1.29 is 8.42 Å². The van der Waals surface area contributed by atoms with Crippen molar-refractivity contribution in [1.29, 1.82) is 0 Å². The highest BCUT2D eigenvalue weighted by Gasteiger charge is 2.35. The lowest BCUT2D eigenvalue weighted by Crippen LogP contribution is -2.46. The van der Waals surface area contributed by atoms with Gasteiger partial charge in [0.2, 0.25) is 10.0 Å². The van der Waals surface area contributed by atoms with Gasteiger partial charge < -0.3 is 0 Å². The van der Waals surface area contributed by atoms with Crippen LogP contribution in [0.25, 0.3) is 0 Å². The highest BCUT2D eigenvalue weighted by atomic mass is 35.5. The molecule has 0 N–H and O–H groups in total. The van der Waals surface area contributed by atoms with Gasteiger partial charge in [0, 0.05) is 34.5 Å². The van der Waals surface area contributed by atoms with Gasteiger partial charge in [-0.2, -0.15) is 16.1 Å². The van der Waals surface area contributed by atoms with Gasteiger partial charge in [-0.1, -0.05) is 23.2 Å². The number of thioether (sulfide) groups is 1. The van der Waals surface area contributed by atoms with Gasteiger partial charge in [-0.15, -0.1) is 11.6 Å². The van der Waals surface area contributed by atoms with Crippen molar-refractivity contribution in [3.05, 3.63) is 27.7 Å². The second kappa shape index (κ2) is 6.46. The third-order valence-electron chi connectivity index (χ3n) is 3.25. The van der Waals surface area contributed by atoms with Crippen molar-refractivity contribution in [2.45, 2.75) is 29.4 Å². The Balaban J connectivity index is 2.44. The minimum Gasteiger partial charge on any atom is -0.207 e. The van der Waals surface area contributed by atoms with Crippen LogP contribution >= 0.6 is 46.6 Å². The molecular formula is C13H16Cl3NO2S2. The third kappa shape index (κ3) is 3.82. The first-order chi connectivity index (χ1) is 9.67. The Kier molecular flexibility index (Phi) is 5.44. The Labute approximate surface area is 145 Å². The molecule has 3 nitrogen and oxygen atoms in total. The summed E-state index contributed by atoms with van der Waals surface area (Å²) in [6, 6.07) is 2.92. The normalized spacial score (nSPS) is 19.7. The lowest BCUT2D eigenvalue weighted by atomic mass is 10.2. The molecule has 0 aromatic heterocycles. The number of benzene rings is 1. The molecule has 0 aliphatic carbocycles. The molecule has 118 valence electrons. The zero-order chi connectivity index (χ0) is 15.8. The van der Waals surface area contributed by atoms with E-state index in [4.69, 9.17) is 34.8 Å². The van der Waals surface area contributed by atoms with Crippen LogP contribution in [0.5, 0.6) is 0 Å². The monoisotopic (exact) mass is 387 g/mol. The maximum atomic E-state index is 12.8. The van der Waals surface area contributed by atoms with Gasteiger partial charge in [0.05, 0.1) is 5.02 Å². The number of halogens is 3. The van der Waals surface area contributed by atoms with Gasteiger partial charge in [0.25, 0.3) is 0 Å². The minimum absolute atomic E-state index is 0.0758. The summed E-state index contributed by atoms with van der Waals surface area (Å²) in [6.45, 7) is 5.00. The summed E-state index contributed by atoms with van der Waals surface area (Å²) < 4.78 is 27.0. The lowest BCUT2D eigenvalue weighted by molar-refractivity contribution is 0.387. The minimum atomic E-state index is -3.64. The zero-order valence-electron chi connectivity index (χ0n) is 11.7. The molecule has 1 aromatic rings. The van der Waals surface area contributed by atoms with Gasteiger partial charge in [0.15, 0.2) is 0 Å². The molecule has 0 bridgehead atoms. The molecule has 0 saturated carbocycles. The third-order valence-corrected chi connectivity index (χ3v) is 7.50. The van der Waals surface area contributed by atoms with Gasteiger partial charge >= 0.3 is 0 Å². The smallest absolute Gasteiger partial charge is 0.207 e. The number of rotatable bonds is 3. The summed E-state index contributed by atoms with van der Waals surface area (Å²) >= 11 is 19.7. The van der Waals surface area contributed by atoms with Crippen LogP contribution in [0.1, 0.15) is 19.4 Å². The second-order valence-electron chi connectivity index (χ2n) is 5.45. The van der Waals surface area contributed by atoms with Crippen molar-refractivity contribution in [3.8, 4) is 0 Å². The van der Waals surface area contributed by atoms with Crippen LogP contribution in [0.15, 0.2) is 17.0 Å². The highest BCUT2D eigenvalue weighted by Crippen LogP contribution is 2.36. The van der Waals surface area contributed by atoms with Gasteiger partial charge in [-0.05, 0) is 31.5 Å². The summed E-state index contributed by atoms with van der Waals surface area (Å²) in [5.74, 6) is 0.902. The first-order valence-electron chi connectivity index (χ1n) is 6.35. The number of hydrogen-bond acceptors (Lipinski definition) is 3. The molecule has 0 spiro atoms. The van der Waals surface area contributed by atoms with Crippen LogP contribution in [0.3, 0.4) is 0 Å². The number of nitrogens with zero attached hydrogens (tertiary/aromatic N) is 1. The summed E-state index contributed by atoms with van der Waals surface area (Å²) in [7, 11) is -3.64.